The Labute approximate surface area is 201 Å². The zero-order chi connectivity index (χ0) is 26.0. The summed E-state index contributed by atoms with van der Waals surface area (Å²) >= 11 is 0. The van der Waals surface area contributed by atoms with E-state index in [-0.39, 0.29) is 29.7 Å². The number of halogens is 4. The molecular weight excluding hydrogens is 484 g/mol. The van der Waals surface area contributed by atoms with Crippen LogP contribution in [0, 0.1) is 30.0 Å². The van der Waals surface area contributed by atoms with Crippen LogP contribution in [0.4, 0.5) is 28.0 Å². The van der Waals surface area contributed by atoms with Crippen LogP contribution in [0.25, 0.3) is 11.4 Å². The van der Waals surface area contributed by atoms with Gasteiger partial charge in [-0.1, -0.05) is 6.92 Å². The molecule has 2 fully saturated rings. The highest BCUT2D eigenvalue weighted by molar-refractivity contribution is 5.92. The fourth-order valence-corrected chi connectivity index (χ4v) is 5.29. The average molecular weight is 504 g/mol. The van der Waals surface area contributed by atoms with Crippen molar-refractivity contribution in [2.45, 2.75) is 50.9 Å². The number of amides is 2. The van der Waals surface area contributed by atoms with Gasteiger partial charge in [0.05, 0.1) is 11.3 Å². The number of rotatable bonds is 3. The molecule has 188 valence electrons. The molecule has 1 aliphatic carbocycles. The lowest BCUT2D eigenvalue weighted by molar-refractivity contribution is -0.137. The van der Waals surface area contributed by atoms with Gasteiger partial charge in [-0.3, -0.25) is 0 Å². The van der Waals surface area contributed by atoms with Gasteiger partial charge in [0.1, 0.15) is 17.4 Å². The molecule has 2 bridgehead atoms. The number of aromatic nitrogens is 5. The van der Waals surface area contributed by atoms with Crippen LogP contribution in [-0.4, -0.2) is 41.9 Å². The number of aryl methyl sites for hydroxylation is 2. The van der Waals surface area contributed by atoms with Crippen molar-refractivity contribution in [3.8, 4) is 17.5 Å². The first-order valence-electron chi connectivity index (χ1n) is 11.1. The first-order valence-corrected chi connectivity index (χ1v) is 11.1. The third-order valence-electron chi connectivity index (χ3n) is 6.66. The lowest BCUT2D eigenvalue weighted by atomic mass is 9.64. The molecule has 14 heteroatoms. The van der Waals surface area contributed by atoms with E-state index in [2.05, 4.69) is 25.6 Å². The number of nitriles is 1. The van der Waals surface area contributed by atoms with Gasteiger partial charge in [0.25, 0.3) is 0 Å². The number of likely N-dealkylation sites (tertiary alicyclic amines) is 1. The fraction of sp³-hybridized carbons (Fsp3) is 0.455. The number of alkyl halides is 3. The van der Waals surface area contributed by atoms with Crippen LogP contribution < -0.4 is 5.32 Å². The molecule has 3 heterocycles. The quantitative estimate of drug-likeness (QED) is 0.532. The molecule has 1 saturated heterocycles. The highest BCUT2D eigenvalue weighted by Crippen LogP contribution is 2.55. The van der Waals surface area contributed by atoms with Gasteiger partial charge in [-0.05, 0) is 30.9 Å². The Morgan fingerprint density at radius 1 is 1.31 bits per heavy atom. The zero-order valence-corrected chi connectivity index (χ0v) is 19.4. The van der Waals surface area contributed by atoms with E-state index in [0.717, 1.165) is 10.7 Å². The number of benzene rings is 1. The summed E-state index contributed by atoms with van der Waals surface area (Å²) in [5.41, 5.74) is -3.26. The SMILES string of the molecule is Cc1nnc([C@]23C[C@H](C)C[C@H](C2)N3C(=O)Nc2cc(-c3nc(C#N)n(C)n3)c(C(F)(F)F)cc2F)o1. The molecule has 0 spiro atoms. The van der Waals surface area contributed by atoms with Crippen LogP contribution in [0.2, 0.25) is 0 Å². The third-order valence-corrected chi connectivity index (χ3v) is 6.66. The van der Waals surface area contributed by atoms with Gasteiger partial charge in [-0.15, -0.1) is 10.2 Å². The number of nitrogens with zero attached hydrogens (tertiary/aromatic N) is 7. The van der Waals surface area contributed by atoms with Gasteiger partial charge in [-0.25, -0.2) is 13.9 Å². The molecule has 2 amide bonds. The Kier molecular flexibility index (Phi) is 5.27. The van der Waals surface area contributed by atoms with Crippen molar-refractivity contribution in [3.63, 3.8) is 0 Å². The monoisotopic (exact) mass is 504 g/mol. The van der Waals surface area contributed by atoms with Crippen LogP contribution in [0.1, 0.15) is 49.4 Å². The maximum atomic E-state index is 14.9. The van der Waals surface area contributed by atoms with Gasteiger partial charge in [0, 0.05) is 32.0 Å². The van der Waals surface area contributed by atoms with Gasteiger partial charge >= 0.3 is 12.2 Å². The second-order valence-electron chi connectivity index (χ2n) is 9.23. The predicted molar refractivity (Wildman–Crippen MR) is 114 cm³/mol. The molecule has 1 aliphatic heterocycles. The van der Waals surface area contributed by atoms with Crippen LogP contribution in [0.5, 0.6) is 0 Å². The first kappa shape index (κ1) is 23.7. The average Bonchev–Trinajstić information content (AvgIpc) is 3.39. The molecule has 1 aromatic carbocycles. The Hall–Kier alpha value is -4.02. The summed E-state index contributed by atoms with van der Waals surface area (Å²) in [4.78, 5) is 18.7. The van der Waals surface area contributed by atoms with Crippen molar-refractivity contribution < 1.29 is 26.8 Å². The summed E-state index contributed by atoms with van der Waals surface area (Å²) in [7, 11) is 1.34. The van der Waals surface area contributed by atoms with E-state index in [1.54, 1.807) is 13.0 Å². The fourth-order valence-electron chi connectivity index (χ4n) is 5.29. The molecule has 3 atom stereocenters. The number of nitrogens with one attached hydrogen (secondary N) is 1. The summed E-state index contributed by atoms with van der Waals surface area (Å²) < 4.78 is 62.6. The summed E-state index contributed by atoms with van der Waals surface area (Å²) in [6.07, 6.45) is -3.09. The number of hydrogen-bond acceptors (Lipinski definition) is 7. The van der Waals surface area contributed by atoms with Crippen LogP contribution in [0.3, 0.4) is 0 Å². The van der Waals surface area contributed by atoms with Crippen LogP contribution in [0.15, 0.2) is 16.5 Å². The Morgan fingerprint density at radius 2 is 2.06 bits per heavy atom. The first-order chi connectivity index (χ1) is 16.9. The largest absolute Gasteiger partial charge is 0.423 e. The van der Waals surface area contributed by atoms with Gasteiger partial charge < -0.3 is 14.6 Å². The Morgan fingerprint density at radius 3 is 2.67 bits per heavy atom. The third kappa shape index (κ3) is 3.66. The van der Waals surface area contributed by atoms with E-state index in [0.29, 0.717) is 25.2 Å². The Bertz CT molecular complexity index is 1410. The zero-order valence-electron chi connectivity index (χ0n) is 19.4. The number of carbonyl (C=O) groups excluding carboxylic acids is 1. The number of urea groups is 1. The molecule has 5 rings (SSSR count). The summed E-state index contributed by atoms with van der Waals surface area (Å²) in [5.74, 6) is -1.07. The maximum absolute atomic E-state index is 14.9. The minimum Gasteiger partial charge on any atom is -0.423 e. The smallest absolute Gasteiger partial charge is 0.417 e. The van der Waals surface area contributed by atoms with Crippen molar-refractivity contribution in [2.75, 3.05) is 5.32 Å². The highest BCUT2D eigenvalue weighted by Gasteiger charge is 2.62. The molecule has 0 unspecified atom stereocenters. The molecule has 10 nitrogen and oxygen atoms in total. The molecule has 3 aromatic rings. The van der Waals surface area contributed by atoms with E-state index in [4.69, 9.17) is 9.68 Å². The second kappa shape index (κ2) is 8.00. The molecule has 1 saturated carbocycles. The standard InChI is InChI=1S/C22H20F4N8O2/c1-10-4-12-8-21(7-10,19-31-30-11(2)36-19)34(12)20(35)28-16-5-13(14(6-15(16)23)22(24,25)26)18-29-17(9-27)33(3)32-18/h5-6,10,12H,4,7-8H2,1-3H3,(H,28,35)/t10-,12-,21+/m1/s1. The second-order valence-corrected chi connectivity index (χ2v) is 9.23. The number of carbonyl (C=O) groups is 1. The molecule has 36 heavy (non-hydrogen) atoms. The number of piperidine rings is 1. The van der Waals surface area contributed by atoms with Crippen molar-refractivity contribution in [1.29, 1.82) is 5.26 Å². The van der Waals surface area contributed by atoms with Crippen molar-refractivity contribution in [2.24, 2.45) is 13.0 Å². The van der Waals surface area contributed by atoms with Crippen LogP contribution in [-0.2, 0) is 18.8 Å². The minimum absolute atomic E-state index is 0.173. The highest BCUT2D eigenvalue weighted by atomic mass is 19.4. The van der Waals surface area contributed by atoms with E-state index in [1.807, 2.05) is 6.92 Å². The molecule has 2 aliphatic rings. The van der Waals surface area contributed by atoms with E-state index < -0.39 is 46.2 Å². The van der Waals surface area contributed by atoms with Gasteiger partial charge in [-0.2, -0.15) is 28.5 Å². The summed E-state index contributed by atoms with van der Waals surface area (Å²) in [5, 5.41) is 23.3. The van der Waals surface area contributed by atoms with E-state index in [1.165, 1.54) is 11.9 Å². The van der Waals surface area contributed by atoms with Crippen LogP contribution >= 0.6 is 0 Å². The number of anilines is 1. The van der Waals surface area contributed by atoms with Crippen molar-refractivity contribution >= 4 is 11.7 Å². The lowest BCUT2D eigenvalue weighted by Crippen LogP contribution is -2.70. The van der Waals surface area contributed by atoms with Gasteiger partial charge in [0.2, 0.25) is 17.6 Å². The van der Waals surface area contributed by atoms with Crippen molar-refractivity contribution in [3.05, 3.63) is 41.1 Å². The van der Waals surface area contributed by atoms with Crippen molar-refractivity contribution in [1.82, 2.24) is 29.9 Å². The molecule has 0 radical (unpaired) electrons. The van der Waals surface area contributed by atoms with E-state index >= 15 is 0 Å². The molecular formula is C22H20F4N8O2. The summed E-state index contributed by atoms with van der Waals surface area (Å²) in [6, 6.07) is 1.95. The molecule has 1 N–H and O–H groups in total. The van der Waals surface area contributed by atoms with Gasteiger partial charge in [0.15, 0.2) is 5.82 Å². The lowest BCUT2D eigenvalue weighted by Gasteiger charge is -2.61. The number of fused-ring (bicyclic) bond motifs is 2. The predicted octanol–water partition coefficient (Wildman–Crippen LogP) is 4.13. The normalized spacial score (nSPS) is 23.2. The topological polar surface area (TPSA) is 126 Å². The summed E-state index contributed by atoms with van der Waals surface area (Å²) in [6.45, 7) is 3.67. The number of hydrogen-bond donors (Lipinski definition) is 1. The minimum atomic E-state index is -4.94. The molecule has 2 aromatic heterocycles. The maximum Gasteiger partial charge on any atom is 0.417 e. The van der Waals surface area contributed by atoms with E-state index in [9.17, 15) is 22.4 Å². The Balaban J connectivity index is 1.52.